The Bertz CT molecular complexity index is 863. The summed E-state index contributed by atoms with van der Waals surface area (Å²) < 4.78 is 5.92. The highest BCUT2D eigenvalue weighted by Crippen LogP contribution is 2.28. The topological polar surface area (TPSA) is 48.6 Å². The molecule has 1 aliphatic heterocycles. The number of benzene rings is 1. The Hall–Kier alpha value is -2.60. The zero-order valence-electron chi connectivity index (χ0n) is 14.9. The van der Waals surface area contributed by atoms with Crippen LogP contribution >= 0.6 is 0 Å². The molecule has 1 saturated heterocycles. The lowest BCUT2D eigenvalue weighted by Gasteiger charge is -2.33. The first-order valence-corrected chi connectivity index (χ1v) is 8.58. The standard InChI is InChI=1S/C19H23N5O/c1-22(2)18-7-4-14(13-20-18)19-21-16-12-15(5-6-17(16)25-19)24-10-8-23(3)9-11-24/h4-7,12-13H,8-11H2,1-3H3. The van der Waals surface area contributed by atoms with Gasteiger partial charge in [-0.2, -0.15) is 0 Å². The van der Waals surface area contributed by atoms with Crippen LogP contribution in [0.5, 0.6) is 0 Å². The lowest BCUT2D eigenvalue weighted by Crippen LogP contribution is -2.44. The van der Waals surface area contributed by atoms with Gasteiger partial charge in [-0.05, 0) is 37.4 Å². The SMILES string of the molecule is CN1CCN(c2ccc3oc(-c4ccc(N(C)C)nc4)nc3c2)CC1. The van der Waals surface area contributed by atoms with Crippen molar-refractivity contribution >= 4 is 22.6 Å². The number of fused-ring (bicyclic) bond motifs is 1. The molecule has 6 heteroatoms. The van der Waals surface area contributed by atoms with E-state index in [0.717, 1.165) is 48.7 Å². The molecular weight excluding hydrogens is 314 g/mol. The van der Waals surface area contributed by atoms with Gasteiger partial charge in [-0.25, -0.2) is 9.97 Å². The number of rotatable bonds is 3. The van der Waals surface area contributed by atoms with Crippen molar-refractivity contribution in [1.82, 2.24) is 14.9 Å². The van der Waals surface area contributed by atoms with Crippen molar-refractivity contribution in [2.45, 2.75) is 0 Å². The molecule has 4 rings (SSSR count). The van der Waals surface area contributed by atoms with Crippen LogP contribution in [0.15, 0.2) is 40.9 Å². The lowest BCUT2D eigenvalue weighted by atomic mass is 10.2. The minimum atomic E-state index is 0.614. The maximum Gasteiger partial charge on any atom is 0.228 e. The fraction of sp³-hybridized carbons (Fsp3) is 0.368. The summed E-state index contributed by atoms with van der Waals surface area (Å²) in [5.41, 5.74) is 3.80. The summed E-state index contributed by atoms with van der Waals surface area (Å²) >= 11 is 0. The summed E-state index contributed by atoms with van der Waals surface area (Å²) in [7, 11) is 6.11. The van der Waals surface area contributed by atoms with E-state index in [1.807, 2.05) is 37.2 Å². The molecule has 0 saturated carbocycles. The molecule has 0 radical (unpaired) electrons. The van der Waals surface area contributed by atoms with Gasteiger partial charge < -0.3 is 19.1 Å². The number of oxazole rings is 1. The zero-order valence-corrected chi connectivity index (χ0v) is 14.9. The monoisotopic (exact) mass is 337 g/mol. The second kappa shape index (κ2) is 6.37. The maximum absolute atomic E-state index is 5.92. The fourth-order valence-corrected chi connectivity index (χ4v) is 3.08. The van der Waals surface area contributed by atoms with Crippen molar-refractivity contribution in [2.24, 2.45) is 0 Å². The molecule has 3 heterocycles. The van der Waals surface area contributed by atoms with E-state index in [0.29, 0.717) is 5.89 Å². The summed E-state index contributed by atoms with van der Waals surface area (Å²) in [4.78, 5) is 15.8. The first kappa shape index (κ1) is 15.9. The lowest BCUT2D eigenvalue weighted by molar-refractivity contribution is 0.313. The fourth-order valence-electron chi connectivity index (χ4n) is 3.08. The summed E-state index contributed by atoms with van der Waals surface area (Å²) in [5, 5.41) is 0. The highest BCUT2D eigenvalue weighted by Gasteiger charge is 2.16. The van der Waals surface area contributed by atoms with Gasteiger partial charge in [0.15, 0.2) is 5.58 Å². The van der Waals surface area contributed by atoms with Crippen LogP contribution in [0, 0.1) is 0 Å². The van der Waals surface area contributed by atoms with Gasteiger partial charge >= 0.3 is 0 Å². The summed E-state index contributed by atoms with van der Waals surface area (Å²) in [6, 6.07) is 10.2. The average molecular weight is 337 g/mol. The van der Waals surface area contributed by atoms with E-state index in [2.05, 4.69) is 38.9 Å². The molecule has 2 aromatic heterocycles. The van der Waals surface area contributed by atoms with Crippen molar-refractivity contribution in [2.75, 3.05) is 57.1 Å². The van der Waals surface area contributed by atoms with Gasteiger partial charge in [-0.15, -0.1) is 0 Å². The number of hydrogen-bond acceptors (Lipinski definition) is 6. The van der Waals surface area contributed by atoms with Gasteiger partial charge in [0.1, 0.15) is 11.3 Å². The molecule has 0 unspecified atom stereocenters. The predicted octanol–water partition coefficient (Wildman–Crippen LogP) is 2.71. The molecular formula is C19H23N5O. The first-order chi connectivity index (χ1) is 12.1. The third-order valence-electron chi connectivity index (χ3n) is 4.69. The normalized spacial score (nSPS) is 15.7. The van der Waals surface area contributed by atoms with E-state index < -0.39 is 0 Å². The van der Waals surface area contributed by atoms with Gasteiger partial charge in [-0.1, -0.05) is 0 Å². The molecule has 0 aliphatic carbocycles. The quantitative estimate of drug-likeness (QED) is 0.732. The van der Waals surface area contributed by atoms with Crippen LogP contribution in [-0.4, -0.2) is 62.2 Å². The van der Waals surface area contributed by atoms with E-state index >= 15 is 0 Å². The van der Waals surface area contributed by atoms with E-state index in [4.69, 9.17) is 4.42 Å². The molecule has 1 aliphatic rings. The number of anilines is 2. The maximum atomic E-state index is 5.92. The zero-order chi connectivity index (χ0) is 17.4. The summed E-state index contributed by atoms with van der Waals surface area (Å²) in [6.45, 7) is 4.27. The van der Waals surface area contributed by atoms with Crippen LogP contribution in [-0.2, 0) is 0 Å². The molecule has 25 heavy (non-hydrogen) atoms. The van der Waals surface area contributed by atoms with E-state index in [9.17, 15) is 0 Å². The number of aromatic nitrogens is 2. The van der Waals surface area contributed by atoms with Crippen LogP contribution in [0.1, 0.15) is 0 Å². The highest BCUT2D eigenvalue weighted by atomic mass is 16.3. The van der Waals surface area contributed by atoms with Crippen molar-refractivity contribution in [1.29, 1.82) is 0 Å². The molecule has 1 aromatic carbocycles. The summed E-state index contributed by atoms with van der Waals surface area (Å²) in [5.74, 6) is 1.53. The Morgan fingerprint density at radius 2 is 1.84 bits per heavy atom. The molecule has 0 atom stereocenters. The number of hydrogen-bond donors (Lipinski definition) is 0. The number of nitrogens with zero attached hydrogens (tertiary/aromatic N) is 5. The summed E-state index contributed by atoms with van der Waals surface area (Å²) in [6.07, 6.45) is 1.81. The van der Waals surface area contributed by atoms with Crippen LogP contribution in [0.3, 0.4) is 0 Å². The van der Waals surface area contributed by atoms with Crippen molar-refractivity contribution in [3.63, 3.8) is 0 Å². The second-order valence-electron chi connectivity index (χ2n) is 6.76. The Morgan fingerprint density at radius 3 is 2.52 bits per heavy atom. The van der Waals surface area contributed by atoms with Gasteiger partial charge in [0.05, 0.1) is 5.56 Å². The molecule has 1 fully saturated rings. The van der Waals surface area contributed by atoms with Gasteiger partial charge in [0.25, 0.3) is 0 Å². The molecule has 0 bridgehead atoms. The smallest absolute Gasteiger partial charge is 0.228 e. The number of pyridine rings is 1. The van der Waals surface area contributed by atoms with Crippen LogP contribution in [0.4, 0.5) is 11.5 Å². The molecule has 6 nitrogen and oxygen atoms in total. The Kier molecular flexibility index (Phi) is 4.05. The van der Waals surface area contributed by atoms with Crippen LogP contribution < -0.4 is 9.80 Å². The minimum Gasteiger partial charge on any atom is -0.436 e. The van der Waals surface area contributed by atoms with E-state index in [-0.39, 0.29) is 0 Å². The Morgan fingerprint density at radius 1 is 1.04 bits per heavy atom. The van der Waals surface area contributed by atoms with E-state index in [1.165, 1.54) is 5.69 Å². The van der Waals surface area contributed by atoms with Crippen LogP contribution in [0.25, 0.3) is 22.6 Å². The largest absolute Gasteiger partial charge is 0.436 e. The Balaban J connectivity index is 1.61. The molecule has 0 amide bonds. The van der Waals surface area contributed by atoms with Crippen molar-refractivity contribution in [3.8, 4) is 11.5 Å². The van der Waals surface area contributed by atoms with E-state index in [1.54, 1.807) is 6.20 Å². The molecule has 0 spiro atoms. The highest BCUT2D eigenvalue weighted by molar-refractivity contribution is 5.80. The molecule has 130 valence electrons. The first-order valence-electron chi connectivity index (χ1n) is 8.58. The number of likely N-dealkylation sites (N-methyl/N-ethyl adjacent to an activating group) is 1. The third-order valence-corrected chi connectivity index (χ3v) is 4.69. The second-order valence-corrected chi connectivity index (χ2v) is 6.76. The number of piperazine rings is 1. The Labute approximate surface area is 147 Å². The predicted molar refractivity (Wildman–Crippen MR) is 101 cm³/mol. The van der Waals surface area contributed by atoms with Crippen molar-refractivity contribution < 1.29 is 4.42 Å². The van der Waals surface area contributed by atoms with Crippen LogP contribution in [0.2, 0.25) is 0 Å². The van der Waals surface area contributed by atoms with Crippen molar-refractivity contribution in [3.05, 3.63) is 36.5 Å². The minimum absolute atomic E-state index is 0.614. The average Bonchev–Trinajstić information content (AvgIpc) is 3.05. The van der Waals surface area contributed by atoms with Gasteiger partial charge in [-0.3, -0.25) is 0 Å². The van der Waals surface area contributed by atoms with Gasteiger partial charge in [0.2, 0.25) is 5.89 Å². The molecule has 3 aromatic rings. The molecule has 0 N–H and O–H groups in total. The van der Waals surface area contributed by atoms with Gasteiger partial charge in [0, 0.05) is 52.2 Å². The third kappa shape index (κ3) is 3.17.